The molecular formula is C16H13N3O4S2. The number of carbonyl (C=O) groups excluding carboxylic acids is 1. The van der Waals surface area contributed by atoms with Gasteiger partial charge in [0.15, 0.2) is 11.8 Å². The smallest absolute Gasteiger partial charge is 0.341 e. The van der Waals surface area contributed by atoms with Crippen LogP contribution in [0.1, 0.15) is 5.56 Å². The molecule has 0 radical (unpaired) electrons. The van der Waals surface area contributed by atoms with Crippen LogP contribution in [0, 0.1) is 0 Å². The van der Waals surface area contributed by atoms with Crippen LogP contribution >= 0.6 is 23.1 Å². The molecule has 25 heavy (non-hydrogen) atoms. The number of hydrogen-bond acceptors (Lipinski definition) is 7. The summed E-state index contributed by atoms with van der Waals surface area (Å²) < 4.78 is 5.08. The van der Waals surface area contributed by atoms with E-state index in [-0.39, 0.29) is 5.91 Å². The lowest BCUT2D eigenvalue weighted by atomic mass is 10.2. The maximum atomic E-state index is 12.3. The van der Waals surface area contributed by atoms with E-state index in [1.807, 2.05) is 5.38 Å². The highest BCUT2D eigenvalue weighted by Crippen LogP contribution is 2.33. The molecule has 1 amide bonds. The van der Waals surface area contributed by atoms with Crippen LogP contribution < -0.4 is 4.74 Å². The molecule has 0 unspecified atom stereocenters. The van der Waals surface area contributed by atoms with Gasteiger partial charge in [0.25, 0.3) is 5.91 Å². The predicted molar refractivity (Wildman–Crippen MR) is 97.1 cm³/mol. The molecule has 7 nitrogen and oxygen atoms in total. The van der Waals surface area contributed by atoms with Crippen LogP contribution in [0.2, 0.25) is 0 Å². The summed E-state index contributed by atoms with van der Waals surface area (Å²) in [5.41, 5.74) is 0.808. The molecular weight excluding hydrogens is 362 g/mol. The van der Waals surface area contributed by atoms with Crippen molar-refractivity contribution in [1.82, 2.24) is 9.88 Å². The molecule has 1 N–H and O–H groups in total. The highest BCUT2D eigenvalue weighted by molar-refractivity contribution is 8.18. The number of carboxylic acids is 1. The fourth-order valence-corrected chi connectivity index (χ4v) is 3.49. The molecule has 0 aliphatic carbocycles. The molecule has 1 aliphatic rings. The molecule has 1 saturated heterocycles. The first-order valence-electron chi connectivity index (χ1n) is 7.13. The number of hydrogen-bond donors (Lipinski definition) is 1. The minimum absolute atomic E-state index is 0.133. The lowest BCUT2D eigenvalue weighted by Crippen LogP contribution is -2.23. The number of nitrogens with zero attached hydrogens (tertiary/aromatic N) is 3. The van der Waals surface area contributed by atoms with Gasteiger partial charge in [-0.05, 0) is 35.5 Å². The van der Waals surface area contributed by atoms with Gasteiger partial charge in [-0.15, -0.1) is 11.3 Å². The molecule has 2 aromatic rings. The van der Waals surface area contributed by atoms with Crippen molar-refractivity contribution in [3.63, 3.8) is 0 Å². The van der Waals surface area contributed by atoms with Gasteiger partial charge in [-0.2, -0.15) is 4.99 Å². The third-order valence-corrected chi connectivity index (χ3v) is 4.88. The Morgan fingerprint density at radius 2 is 2.16 bits per heavy atom. The molecule has 0 spiro atoms. The number of amides is 1. The van der Waals surface area contributed by atoms with Gasteiger partial charge in [-0.3, -0.25) is 9.69 Å². The van der Waals surface area contributed by atoms with E-state index in [1.165, 1.54) is 28.0 Å². The highest BCUT2D eigenvalue weighted by Gasteiger charge is 2.30. The van der Waals surface area contributed by atoms with Gasteiger partial charge in [0, 0.05) is 18.6 Å². The van der Waals surface area contributed by atoms with Crippen LogP contribution in [-0.4, -0.2) is 45.7 Å². The lowest BCUT2D eigenvalue weighted by molar-refractivity contribution is -0.139. The lowest BCUT2D eigenvalue weighted by Gasteiger charge is -2.05. The Kier molecular flexibility index (Phi) is 5.15. The Balaban J connectivity index is 1.75. The molecule has 0 saturated carbocycles. The summed E-state index contributed by atoms with van der Waals surface area (Å²) in [5, 5.41) is 11.6. The molecule has 1 fully saturated rings. The molecule has 1 aromatic carbocycles. The number of aliphatic carboxylic acids is 1. The number of likely N-dealkylation sites (N-methyl/N-ethyl adjacent to an activating group) is 1. The monoisotopic (exact) mass is 375 g/mol. The standard InChI is InChI=1S/C16H13N3O4S2/c1-19-14(22)12(25-16(19)18-15-17-6-7-24-15)8-10-2-4-11(5-3-10)23-9-13(20)21/h2-8H,9H2,1H3,(H,20,21)/b12-8+,18-16+. The Labute approximate surface area is 151 Å². The third-order valence-electron chi connectivity index (χ3n) is 3.15. The molecule has 1 aromatic heterocycles. The quantitative estimate of drug-likeness (QED) is 0.808. The van der Waals surface area contributed by atoms with Crippen LogP contribution in [0.3, 0.4) is 0 Å². The Hall–Kier alpha value is -2.65. The maximum Gasteiger partial charge on any atom is 0.341 e. The minimum Gasteiger partial charge on any atom is -0.482 e. The van der Waals surface area contributed by atoms with Gasteiger partial charge in [-0.1, -0.05) is 12.1 Å². The number of aliphatic imine (C=N–C) groups is 1. The summed E-state index contributed by atoms with van der Waals surface area (Å²) in [5.74, 6) is -0.709. The molecule has 1 aliphatic heterocycles. The molecule has 128 valence electrons. The van der Waals surface area contributed by atoms with Gasteiger partial charge in [0.05, 0.1) is 4.91 Å². The van der Waals surface area contributed by atoms with E-state index in [9.17, 15) is 9.59 Å². The number of carbonyl (C=O) groups is 2. The van der Waals surface area contributed by atoms with Gasteiger partial charge < -0.3 is 9.84 Å². The fourth-order valence-electron chi connectivity index (χ4n) is 1.96. The van der Waals surface area contributed by atoms with E-state index >= 15 is 0 Å². The summed E-state index contributed by atoms with van der Waals surface area (Å²) in [6.45, 7) is -0.393. The van der Waals surface area contributed by atoms with Crippen molar-refractivity contribution in [2.45, 2.75) is 0 Å². The van der Waals surface area contributed by atoms with Crippen LogP contribution in [0.25, 0.3) is 6.08 Å². The number of thioether (sulfide) groups is 1. The second-order valence-electron chi connectivity index (χ2n) is 4.94. The van der Waals surface area contributed by atoms with E-state index < -0.39 is 12.6 Å². The summed E-state index contributed by atoms with van der Waals surface area (Å²) in [4.78, 5) is 33.3. The van der Waals surface area contributed by atoms with Gasteiger partial charge in [0.2, 0.25) is 5.13 Å². The van der Waals surface area contributed by atoms with Crippen molar-refractivity contribution in [3.05, 3.63) is 46.3 Å². The molecule has 9 heteroatoms. The van der Waals surface area contributed by atoms with E-state index in [0.717, 1.165) is 5.56 Å². The van der Waals surface area contributed by atoms with Crippen LogP contribution in [0.5, 0.6) is 5.75 Å². The van der Waals surface area contributed by atoms with Gasteiger partial charge >= 0.3 is 5.97 Å². The average Bonchev–Trinajstić information content (AvgIpc) is 3.19. The summed E-state index contributed by atoms with van der Waals surface area (Å²) in [7, 11) is 1.67. The van der Waals surface area contributed by atoms with Crippen LogP contribution in [0.4, 0.5) is 5.13 Å². The largest absolute Gasteiger partial charge is 0.482 e. The maximum absolute atomic E-state index is 12.3. The number of carboxylic acid groups (broad SMARTS) is 1. The molecule has 2 heterocycles. The summed E-state index contributed by atoms with van der Waals surface area (Å²) in [6.07, 6.45) is 3.42. The van der Waals surface area contributed by atoms with Crippen LogP contribution in [0.15, 0.2) is 45.7 Å². The third kappa shape index (κ3) is 4.25. The first-order chi connectivity index (χ1) is 12.0. The van der Waals surface area contributed by atoms with Crippen molar-refractivity contribution in [1.29, 1.82) is 0 Å². The normalized spacial score (nSPS) is 17.5. The van der Waals surface area contributed by atoms with Crippen molar-refractivity contribution in [2.24, 2.45) is 4.99 Å². The summed E-state index contributed by atoms with van der Waals surface area (Å²) in [6, 6.07) is 6.84. The number of amidine groups is 1. The molecule has 0 atom stereocenters. The van der Waals surface area contributed by atoms with E-state index in [4.69, 9.17) is 9.84 Å². The van der Waals surface area contributed by atoms with Crippen molar-refractivity contribution in [3.8, 4) is 5.75 Å². The Morgan fingerprint density at radius 3 is 2.80 bits per heavy atom. The number of benzene rings is 1. The molecule has 3 rings (SSSR count). The molecule has 0 bridgehead atoms. The van der Waals surface area contributed by atoms with Crippen LogP contribution in [-0.2, 0) is 9.59 Å². The zero-order valence-electron chi connectivity index (χ0n) is 13.1. The topological polar surface area (TPSA) is 92.1 Å². The number of rotatable bonds is 5. The van der Waals surface area contributed by atoms with E-state index in [1.54, 1.807) is 43.6 Å². The Bertz CT molecular complexity index is 845. The van der Waals surface area contributed by atoms with Gasteiger partial charge in [-0.25, -0.2) is 9.78 Å². The van der Waals surface area contributed by atoms with Crippen molar-refractivity contribution < 1.29 is 19.4 Å². The van der Waals surface area contributed by atoms with E-state index in [0.29, 0.717) is 21.0 Å². The average molecular weight is 375 g/mol. The predicted octanol–water partition coefficient (Wildman–Crippen LogP) is 2.84. The zero-order chi connectivity index (χ0) is 17.8. The number of thiazole rings is 1. The van der Waals surface area contributed by atoms with Crippen molar-refractivity contribution >= 4 is 51.4 Å². The highest BCUT2D eigenvalue weighted by atomic mass is 32.2. The summed E-state index contributed by atoms with van der Waals surface area (Å²) >= 11 is 2.68. The number of ether oxygens (including phenoxy) is 1. The second kappa shape index (κ2) is 7.49. The number of aromatic nitrogens is 1. The first kappa shape index (κ1) is 17.2. The van der Waals surface area contributed by atoms with Gasteiger partial charge in [0.1, 0.15) is 5.75 Å². The first-order valence-corrected chi connectivity index (χ1v) is 8.83. The Morgan fingerprint density at radius 1 is 1.40 bits per heavy atom. The van der Waals surface area contributed by atoms with E-state index in [2.05, 4.69) is 9.98 Å². The zero-order valence-corrected chi connectivity index (χ0v) is 14.7. The van der Waals surface area contributed by atoms with Crippen molar-refractivity contribution in [2.75, 3.05) is 13.7 Å². The SMILES string of the molecule is CN1C(=O)/C(=C\c2ccc(OCC(=O)O)cc2)S/C1=N/c1nccs1. The fraction of sp³-hybridized carbons (Fsp3) is 0.125. The minimum atomic E-state index is -1.03. The second-order valence-corrected chi connectivity index (χ2v) is 6.82.